The van der Waals surface area contributed by atoms with Crippen molar-refractivity contribution in [2.24, 2.45) is 0 Å². The van der Waals surface area contributed by atoms with E-state index in [-0.39, 0.29) is 5.75 Å². The second-order valence-corrected chi connectivity index (χ2v) is 8.16. The number of anilines is 1. The number of para-hydroxylation sites is 1. The number of rotatable bonds is 5. The van der Waals surface area contributed by atoms with E-state index in [9.17, 15) is 8.42 Å². The number of aromatic nitrogens is 1. The summed E-state index contributed by atoms with van der Waals surface area (Å²) in [5, 5.41) is 4.49. The van der Waals surface area contributed by atoms with Crippen LogP contribution in [0.5, 0.6) is 0 Å². The Balaban J connectivity index is 1.89. The van der Waals surface area contributed by atoms with E-state index in [0.29, 0.717) is 6.54 Å². The molecule has 1 aromatic heterocycles. The molecule has 124 valence electrons. The van der Waals surface area contributed by atoms with Gasteiger partial charge in [0.25, 0.3) is 0 Å². The summed E-state index contributed by atoms with van der Waals surface area (Å²) >= 11 is 0. The summed E-state index contributed by atoms with van der Waals surface area (Å²) in [4.78, 5) is 4.44. The summed E-state index contributed by atoms with van der Waals surface area (Å²) in [5.41, 5.74) is 4.93. The highest BCUT2D eigenvalue weighted by Gasteiger charge is 2.10. The number of nitrogens with one attached hydrogen (secondary N) is 1. The number of hydrogen-bond donors (Lipinski definition) is 1. The van der Waals surface area contributed by atoms with Gasteiger partial charge >= 0.3 is 0 Å². The van der Waals surface area contributed by atoms with Gasteiger partial charge in [-0.25, -0.2) is 8.42 Å². The number of sulfone groups is 1. The van der Waals surface area contributed by atoms with Gasteiger partial charge < -0.3 is 5.32 Å². The van der Waals surface area contributed by atoms with Gasteiger partial charge in [-0.05, 0) is 29.7 Å². The molecule has 0 spiro atoms. The molecule has 0 bridgehead atoms. The van der Waals surface area contributed by atoms with Gasteiger partial charge in [-0.2, -0.15) is 0 Å². The number of nitrogens with zero attached hydrogens (tertiary/aromatic N) is 1. The van der Waals surface area contributed by atoms with Crippen LogP contribution in [0.15, 0.2) is 54.7 Å². The molecule has 0 aliphatic rings. The van der Waals surface area contributed by atoms with Crippen LogP contribution in [0, 0.1) is 6.92 Å². The predicted molar refractivity (Wildman–Crippen MR) is 98.8 cm³/mol. The van der Waals surface area contributed by atoms with Crippen molar-refractivity contribution in [2.45, 2.75) is 19.2 Å². The number of fused-ring (bicyclic) bond motifs is 1. The zero-order chi connectivity index (χ0) is 17.2. The monoisotopic (exact) mass is 340 g/mol. The largest absolute Gasteiger partial charge is 0.380 e. The molecule has 1 heterocycles. The minimum Gasteiger partial charge on any atom is -0.380 e. The van der Waals surface area contributed by atoms with Crippen LogP contribution in [0.3, 0.4) is 0 Å². The first kappa shape index (κ1) is 16.5. The fourth-order valence-corrected chi connectivity index (χ4v) is 3.67. The van der Waals surface area contributed by atoms with Gasteiger partial charge in [-0.1, -0.05) is 42.5 Å². The van der Waals surface area contributed by atoms with E-state index in [1.165, 1.54) is 6.26 Å². The van der Waals surface area contributed by atoms with Crippen molar-refractivity contribution in [1.29, 1.82) is 0 Å². The lowest BCUT2D eigenvalue weighted by Gasteiger charge is -2.13. The van der Waals surface area contributed by atoms with Gasteiger partial charge in [-0.3, -0.25) is 4.98 Å². The maximum Gasteiger partial charge on any atom is 0.151 e. The molecule has 2 aromatic carbocycles. The zero-order valence-corrected chi connectivity index (χ0v) is 14.6. The van der Waals surface area contributed by atoms with Gasteiger partial charge in [0.05, 0.1) is 11.3 Å². The van der Waals surface area contributed by atoms with E-state index in [1.807, 2.05) is 55.5 Å². The van der Waals surface area contributed by atoms with Crippen LogP contribution in [0.25, 0.3) is 10.9 Å². The predicted octanol–water partition coefficient (Wildman–Crippen LogP) is 3.70. The molecule has 5 heteroatoms. The van der Waals surface area contributed by atoms with Crippen molar-refractivity contribution in [3.8, 4) is 0 Å². The van der Waals surface area contributed by atoms with Crippen molar-refractivity contribution < 1.29 is 8.42 Å². The van der Waals surface area contributed by atoms with Crippen molar-refractivity contribution in [2.75, 3.05) is 11.6 Å². The molecule has 4 nitrogen and oxygen atoms in total. The molecular formula is C19H20N2O2S. The van der Waals surface area contributed by atoms with Gasteiger partial charge in [0.1, 0.15) is 0 Å². The molecular weight excluding hydrogens is 320 g/mol. The van der Waals surface area contributed by atoms with E-state index in [4.69, 9.17) is 0 Å². The normalized spacial score (nSPS) is 11.6. The highest BCUT2D eigenvalue weighted by molar-refractivity contribution is 7.89. The Bertz CT molecular complexity index is 982. The van der Waals surface area contributed by atoms with Crippen molar-refractivity contribution in [1.82, 2.24) is 4.98 Å². The van der Waals surface area contributed by atoms with E-state index >= 15 is 0 Å². The molecule has 0 atom stereocenters. The number of aryl methyl sites for hydroxylation is 1. The maximum atomic E-state index is 11.6. The Hall–Kier alpha value is -2.40. The van der Waals surface area contributed by atoms with Crippen LogP contribution >= 0.6 is 0 Å². The molecule has 0 saturated carbocycles. The summed E-state index contributed by atoms with van der Waals surface area (Å²) in [7, 11) is -3.06. The van der Waals surface area contributed by atoms with Crippen LogP contribution < -0.4 is 5.32 Å². The first-order chi connectivity index (χ1) is 11.4. The van der Waals surface area contributed by atoms with Crippen LogP contribution in [-0.4, -0.2) is 19.7 Å². The standard InChI is InChI=1S/C19H20N2O2S/c1-14-6-5-9-17-18(10-11-20-19(14)17)21-12-15-7-3-4-8-16(15)13-24(2,22)23/h3-11H,12-13H2,1-2H3,(H,20,21). The number of pyridine rings is 1. The molecule has 3 aromatic rings. The lowest BCUT2D eigenvalue weighted by Crippen LogP contribution is -2.07. The second-order valence-electron chi connectivity index (χ2n) is 6.02. The van der Waals surface area contributed by atoms with E-state index in [1.54, 1.807) is 6.20 Å². The maximum absolute atomic E-state index is 11.6. The third-order valence-corrected chi connectivity index (χ3v) is 4.81. The van der Waals surface area contributed by atoms with Gasteiger partial charge in [0.2, 0.25) is 0 Å². The summed E-state index contributed by atoms with van der Waals surface area (Å²) in [6.45, 7) is 2.61. The molecule has 0 amide bonds. The Morgan fingerprint density at radius 2 is 1.75 bits per heavy atom. The SMILES string of the molecule is Cc1cccc2c(NCc3ccccc3CS(C)(=O)=O)ccnc12. The van der Waals surface area contributed by atoms with Gasteiger partial charge in [0, 0.05) is 30.1 Å². The van der Waals surface area contributed by atoms with Crippen LogP contribution in [0.1, 0.15) is 16.7 Å². The van der Waals surface area contributed by atoms with Gasteiger partial charge in [0.15, 0.2) is 9.84 Å². The topological polar surface area (TPSA) is 59.1 Å². The third-order valence-electron chi connectivity index (χ3n) is 3.98. The zero-order valence-electron chi connectivity index (χ0n) is 13.8. The summed E-state index contributed by atoms with van der Waals surface area (Å²) in [6, 6.07) is 15.7. The fourth-order valence-electron chi connectivity index (χ4n) is 2.82. The number of benzene rings is 2. The van der Waals surface area contributed by atoms with Crippen molar-refractivity contribution in [3.63, 3.8) is 0 Å². The van der Waals surface area contributed by atoms with Gasteiger partial charge in [-0.15, -0.1) is 0 Å². The van der Waals surface area contributed by atoms with Crippen LogP contribution in [-0.2, 0) is 22.1 Å². The van der Waals surface area contributed by atoms with Crippen molar-refractivity contribution in [3.05, 3.63) is 71.4 Å². The molecule has 3 rings (SSSR count). The molecule has 0 fully saturated rings. The first-order valence-electron chi connectivity index (χ1n) is 7.77. The highest BCUT2D eigenvalue weighted by atomic mass is 32.2. The Labute approximate surface area is 142 Å². The minimum atomic E-state index is -3.06. The minimum absolute atomic E-state index is 0.0566. The summed E-state index contributed by atoms with van der Waals surface area (Å²) in [6.07, 6.45) is 3.05. The third kappa shape index (κ3) is 3.74. The highest BCUT2D eigenvalue weighted by Crippen LogP contribution is 2.24. The molecule has 0 unspecified atom stereocenters. The number of hydrogen-bond acceptors (Lipinski definition) is 4. The van der Waals surface area contributed by atoms with Crippen LogP contribution in [0.4, 0.5) is 5.69 Å². The van der Waals surface area contributed by atoms with E-state index < -0.39 is 9.84 Å². The molecule has 24 heavy (non-hydrogen) atoms. The Kier molecular flexibility index (Phi) is 4.53. The second kappa shape index (κ2) is 6.61. The lowest BCUT2D eigenvalue weighted by atomic mass is 10.1. The molecule has 0 radical (unpaired) electrons. The van der Waals surface area contributed by atoms with E-state index in [2.05, 4.69) is 10.3 Å². The summed E-state index contributed by atoms with van der Waals surface area (Å²) < 4.78 is 23.2. The average Bonchev–Trinajstić information content (AvgIpc) is 2.53. The smallest absolute Gasteiger partial charge is 0.151 e. The fraction of sp³-hybridized carbons (Fsp3) is 0.211. The molecule has 0 aliphatic carbocycles. The molecule has 1 N–H and O–H groups in total. The average molecular weight is 340 g/mol. The molecule has 0 aliphatic heterocycles. The molecule has 0 saturated heterocycles. The first-order valence-corrected chi connectivity index (χ1v) is 9.83. The Morgan fingerprint density at radius 3 is 2.50 bits per heavy atom. The van der Waals surface area contributed by atoms with Crippen molar-refractivity contribution >= 4 is 26.4 Å². The Morgan fingerprint density at radius 1 is 1.00 bits per heavy atom. The lowest BCUT2D eigenvalue weighted by molar-refractivity contribution is 0.601. The van der Waals surface area contributed by atoms with E-state index in [0.717, 1.165) is 33.3 Å². The summed E-state index contributed by atoms with van der Waals surface area (Å²) in [5.74, 6) is 0.0566. The quantitative estimate of drug-likeness (QED) is 0.769. The van der Waals surface area contributed by atoms with Crippen LogP contribution in [0.2, 0.25) is 0 Å².